The van der Waals surface area contributed by atoms with Gasteiger partial charge in [0.25, 0.3) is 0 Å². The Kier molecular flexibility index (Phi) is 3.58. The second-order valence-corrected chi connectivity index (χ2v) is 2.64. The van der Waals surface area contributed by atoms with Crippen LogP contribution >= 0.6 is 0 Å². The summed E-state index contributed by atoms with van der Waals surface area (Å²) >= 11 is 0. The first-order chi connectivity index (χ1) is 6.22. The number of rotatable bonds is 4. The van der Waals surface area contributed by atoms with Crippen LogP contribution in [-0.4, -0.2) is 24.9 Å². The van der Waals surface area contributed by atoms with Crippen LogP contribution in [-0.2, 0) is 0 Å². The van der Waals surface area contributed by atoms with Crippen molar-refractivity contribution in [3.63, 3.8) is 0 Å². The van der Waals surface area contributed by atoms with E-state index in [0.717, 1.165) is 5.75 Å². The molecule has 0 saturated heterocycles. The minimum atomic E-state index is -0.692. The Balaban J connectivity index is 2.49. The zero-order valence-electron chi connectivity index (χ0n) is 7.56. The molecule has 1 N–H and O–H groups in total. The SMILES string of the molecule is [CH2]C(O)COc1ccc(OC)cc1. The van der Waals surface area contributed by atoms with Crippen molar-refractivity contribution >= 4 is 0 Å². The molecule has 3 heteroatoms. The fraction of sp³-hybridized carbons (Fsp3) is 0.300. The molecule has 0 fully saturated rings. The summed E-state index contributed by atoms with van der Waals surface area (Å²) in [4.78, 5) is 0. The Morgan fingerprint density at radius 3 is 2.31 bits per heavy atom. The van der Waals surface area contributed by atoms with Crippen LogP contribution in [0, 0.1) is 6.92 Å². The predicted octanol–water partition coefficient (Wildman–Crippen LogP) is 1.27. The molecule has 1 unspecified atom stereocenters. The zero-order chi connectivity index (χ0) is 9.68. The van der Waals surface area contributed by atoms with E-state index >= 15 is 0 Å². The molecule has 0 saturated carbocycles. The van der Waals surface area contributed by atoms with E-state index in [1.165, 1.54) is 0 Å². The molecule has 0 bridgehead atoms. The van der Waals surface area contributed by atoms with Crippen LogP contribution < -0.4 is 9.47 Å². The van der Waals surface area contributed by atoms with Crippen molar-refractivity contribution in [2.75, 3.05) is 13.7 Å². The van der Waals surface area contributed by atoms with Gasteiger partial charge in [0.1, 0.15) is 18.1 Å². The molecular formula is C10H13O3. The molecule has 0 aliphatic heterocycles. The van der Waals surface area contributed by atoms with Crippen LogP contribution in [0.2, 0.25) is 0 Å². The molecule has 1 aromatic carbocycles. The molecule has 1 aromatic rings. The highest BCUT2D eigenvalue weighted by atomic mass is 16.5. The lowest BCUT2D eigenvalue weighted by atomic mass is 10.3. The highest BCUT2D eigenvalue weighted by Crippen LogP contribution is 2.16. The van der Waals surface area contributed by atoms with E-state index in [4.69, 9.17) is 14.6 Å². The minimum Gasteiger partial charge on any atom is -0.497 e. The average Bonchev–Trinajstić information content (AvgIpc) is 2.15. The van der Waals surface area contributed by atoms with Crippen LogP contribution in [0.4, 0.5) is 0 Å². The smallest absolute Gasteiger partial charge is 0.119 e. The second-order valence-electron chi connectivity index (χ2n) is 2.64. The number of hydrogen-bond acceptors (Lipinski definition) is 3. The first-order valence-corrected chi connectivity index (χ1v) is 4.00. The third-order valence-corrected chi connectivity index (χ3v) is 1.50. The quantitative estimate of drug-likeness (QED) is 0.760. The fourth-order valence-electron chi connectivity index (χ4n) is 0.864. The van der Waals surface area contributed by atoms with Gasteiger partial charge in [0.15, 0.2) is 0 Å². The normalized spacial score (nSPS) is 12.2. The summed E-state index contributed by atoms with van der Waals surface area (Å²) in [5, 5.41) is 8.85. The lowest BCUT2D eigenvalue weighted by molar-refractivity contribution is 0.142. The summed E-state index contributed by atoms with van der Waals surface area (Å²) < 4.78 is 10.2. The number of ether oxygens (including phenoxy) is 2. The summed E-state index contributed by atoms with van der Waals surface area (Å²) in [7, 11) is 1.61. The number of methoxy groups -OCH3 is 1. The molecule has 1 atom stereocenters. The Hall–Kier alpha value is -1.22. The van der Waals surface area contributed by atoms with Gasteiger partial charge in [-0.3, -0.25) is 0 Å². The Labute approximate surface area is 77.9 Å². The fourth-order valence-corrected chi connectivity index (χ4v) is 0.864. The molecule has 0 amide bonds. The average molecular weight is 181 g/mol. The summed E-state index contributed by atoms with van der Waals surface area (Å²) in [6.45, 7) is 3.59. The number of hydrogen-bond donors (Lipinski definition) is 1. The van der Waals surface area contributed by atoms with E-state index in [1.54, 1.807) is 31.4 Å². The van der Waals surface area contributed by atoms with Gasteiger partial charge in [-0.15, -0.1) is 0 Å². The lowest BCUT2D eigenvalue weighted by Gasteiger charge is -2.08. The van der Waals surface area contributed by atoms with Gasteiger partial charge in [-0.25, -0.2) is 0 Å². The topological polar surface area (TPSA) is 38.7 Å². The molecule has 0 heterocycles. The van der Waals surface area contributed by atoms with E-state index in [0.29, 0.717) is 5.75 Å². The van der Waals surface area contributed by atoms with E-state index in [9.17, 15) is 0 Å². The third-order valence-electron chi connectivity index (χ3n) is 1.50. The first kappa shape index (κ1) is 9.86. The van der Waals surface area contributed by atoms with Gasteiger partial charge in [0.05, 0.1) is 13.2 Å². The van der Waals surface area contributed by atoms with Gasteiger partial charge in [0.2, 0.25) is 0 Å². The van der Waals surface area contributed by atoms with Gasteiger partial charge in [-0.1, -0.05) is 0 Å². The predicted molar refractivity (Wildman–Crippen MR) is 49.9 cm³/mol. The van der Waals surface area contributed by atoms with Crippen LogP contribution in [0.1, 0.15) is 0 Å². The number of benzene rings is 1. The van der Waals surface area contributed by atoms with Gasteiger partial charge in [-0.05, 0) is 31.2 Å². The molecular weight excluding hydrogens is 168 g/mol. The number of aliphatic hydroxyl groups is 1. The largest absolute Gasteiger partial charge is 0.497 e. The van der Waals surface area contributed by atoms with E-state index in [-0.39, 0.29) is 6.61 Å². The molecule has 3 nitrogen and oxygen atoms in total. The van der Waals surface area contributed by atoms with Gasteiger partial charge < -0.3 is 14.6 Å². The minimum absolute atomic E-state index is 0.201. The van der Waals surface area contributed by atoms with Crippen LogP contribution in [0.5, 0.6) is 11.5 Å². The van der Waals surface area contributed by atoms with Gasteiger partial charge in [0, 0.05) is 0 Å². The maximum absolute atomic E-state index is 8.85. The maximum atomic E-state index is 8.85. The number of aliphatic hydroxyl groups excluding tert-OH is 1. The van der Waals surface area contributed by atoms with Crippen molar-refractivity contribution in [1.82, 2.24) is 0 Å². The summed E-state index contributed by atoms with van der Waals surface area (Å²) in [5.41, 5.74) is 0. The molecule has 0 aliphatic rings. The third kappa shape index (κ3) is 3.34. The lowest BCUT2D eigenvalue weighted by Crippen LogP contribution is -2.12. The van der Waals surface area contributed by atoms with Crippen molar-refractivity contribution < 1.29 is 14.6 Å². The van der Waals surface area contributed by atoms with Crippen LogP contribution in [0.25, 0.3) is 0 Å². The van der Waals surface area contributed by atoms with Gasteiger partial charge in [-0.2, -0.15) is 0 Å². The van der Waals surface area contributed by atoms with E-state index < -0.39 is 6.10 Å². The van der Waals surface area contributed by atoms with Crippen molar-refractivity contribution in [1.29, 1.82) is 0 Å². The van der Waals surface area contributed by atoms with Crippen molar-refractivity contribution in [2.45, 2.75) is 6.10 Å². The standard InChI is InChI=1S/C10H13O3/c1-8(11)7-13-10-5-3-9(12-2)4-6-10/h3-6,8,11H,1,7H2,2H3. The van der Waals surface area contributed by atoms with Crippen LogP contribution in [0.3, 0.4) is 0 Å². The monoisotopic (exact) mass is 181 g/mol. The molecule has 1 radical (unpaired) electrons. The van der Waals surface area contributed by atoms with Crippen LogP contribution in [0.15, 0.2) is 24.3 Å². The molecule has 0 aromatic heterocycles. The van der Waals surface area contributed by atoms with E-state index in [2.05, 4.69) is 6.92 Å². The summed E-state index contributed by atoms with van der Waals surface area (Å²) in [6, 6.07) is 7.15. The van der Waals surface area contributed by atoms with Crippen molar-refractivity contribution in [2.24, 2.45) is 0 Å². The molecule has 0 aliphatic carbocycles. The first-order valence-electron chi connectivity index (χ1n) is 4.00. The summed E-state index contributed by atoms with van der Waals surface area (Å²) in [6.07, 6.45) is -0.692. The van der Waals surface area contributed by atoms with Crippen molar-refractivity contribution in [3.05, 3.63) is 31.2 Å². The Morgan fingerprint density at radius 2 is 1.85 bits per heavy atom. The molecule has 0 spiro atoms. The van der Waals surface area contributed by atoms with Gasteiger partial charge >= 0.3 is 0 Å². The Morgan fingerprint density at radius 1 is 1.31 bits per heavy atom. The van der Waals surface area contributed by atoms with Crippen molar-refractivity contribution in [3.8, 4) is 11.5 Å². The summed E-state index contributed by atoms with van der Waals surface area (Å²) in [5.74, 6) is 1.48. The Bertz CT molecular complexity index is 241. The maximum Gasteiger partial charge on any atom is 0.119 e. The molecule has 13 heavy (non-hydrogen) atoms. The zero-order valence-corrected chi connectivity index (χ0v) is 7.56. The molecule has 1 rings (SSSR count). The molecule has 71 valence electrons. The highest BCUT2D eigenvalue weighted by Gasteiger charge is 1.98. The van der Waals surface area contributed by atoms with E-state index in [1.807, 2.05) is 0 Å². The second kappa shape index (κ2) is 4.72. The highest BCUT2D eigenvalue weighted by molar-refractivity contribution is 5.31.